The van der Waals surface area contributed by atoms with Crippen molar-refractivity contribution in [1.82, 2.24) is 9.97 Å². The number of hydrogen-bond acceptors (Lipinski definition) is 4. The first-order valence-corrected chi connectivity index (χ1v) is 5.15. The molecule has 1 heterocycles. The monoisotopic (exact) mass is 192 g/mol. The largest absolute Gasteiger partial charge is 0.394 e. The van der Waals surface area contributed by atoms with Gasteiger partial charge in [0.1, 0.15) is 6.33 Å². The molecule has 14 heavy (non-hydrogen) atoms. The summed E-state index contributed by atoms with van der Waals surface area (Å²) in [6, 6.07) is 0. The first-order valence-electron chi connectivity index (χ1n) is 5.15. The zero-order valence-electron chi connectivity index (χ0n) is 8.24. The minimum Gasteiger partial charge on any atom is -0.394 e. The summed E-state index contributed by atoms with van der Waals surface area (Å²) in [5.41, 5.74) is 6.31. The minimum absolute atomic E-state index is 0.624. The van der Waals surface area contributed by atoms with Gasteiger partial charge in [0.15, 0.2) is 5.82 Å². The van der Waals surface area contributed by atoms with E-state index in [4.69, 9.17) is 5.73 Å². The van der Waals surface area contributed by atoms with Gasteiger partial charge in [-0.25, -0.2) is 9.97 Å². The van der Waals surface area contributed by atoms with Crippen LogP contribution in [0.4, 0.5) is 11.5 Å². The van der Waals surface area contributed by atoms with E-state index in [1.165, 1.54) is 32.0 Å². The van der Waals surface area contributed by atoms with Gasteiger partial charge < -0.3 is 11.1 Å². The third-order valence-corrected chi connectivity index (χ3v) is 2.52. The molecule has 4 heteroatoms. The predicted octanol–water partition coefficient (Wildman–Crippen LogP) is 1.66. The number of anilines is 2. The van der Waals surface area contributed by atoms with Gasteiger partial charge in [0, 0.05) is 6.54 Å². The van der Waals surface area contributed by atoms with E-state index in [0.29, 0.717) is 5.69 Å². The van der Waals surface area contributed by atoms with Crippen molar-refractivity contribution < 1.29 is 0 Å². The highest BCUT2D eigenvalue weighted by Gasteiger charge is 2.19. The maximum absolute atomic E-state index is 5.69. The molecule has 0 radical (unpaired) electrons. The molecule has 0 amide bonds. The summed E-state index contributed by atoms with van der Waals surface area (Å²) in [5.74, 6) is 1.76. The van der Waals surface area contributed by atoms with Crippen LogP contribution in [0.25, 0.3) is 0 Å². The van der Waals surface area contributed by atoms with Crippen LogP contribution >= 0.6 is 0 Å². The summed E-state index contributed by atoms with van der Waals surface area (Å²) in [4.78, 5) is 7.90. The molecule has 1 aliphatic rings. The molecular formula is C10H16N4. The summed E-state index contributed by atoms with van der Waals surface area (Å²) in [7, 11) is 0. The maximum atomic E-state index is 5.69. The lowest BCUT2D eigenvalue weighted by Crippen LogP contribution is -2.06. The predicted molar refractivity (Wildman–Crippen MR) is 56.9 cm³/mol. The fourth-order valence-corrected chi connectivity index (χ4v) is 1.49. The van der Waals surface area contributed by atoms with Crippen molar-refractivity contribution in [3.8, 4) is 0 Å². The van der Waals surface area contributed by atoms with Gasteiger partial charge in [0.25, 0.3) is 0 Å². The van der Waals surface area contributed by atoms with E-state index in [0.717, 1.165) is 18.3 Å². The molecule has 3 N–H and O–H groups in total. The normalized spacial score (nSPS) is 15.4. The third kappa shape index (κ3) is 2.58. The lowest BCUT2D eigenvalue weighted by Gasteiger charge is -2.06. The highest BCUT2D eigenvalue weighted by Crippen LogP contribution is 2.33. The Bertz CT molecular complexity index is 296. The van der Waals surface area contributed by atoms with Crippen LogP contribution in [0.2, 0.25) is 0 Å². The highest BCUT2D eigenvalue weighted by molar-refractivity contribution is 5.58. The van der Waals surface area contributed by atoms with E-state index in [2.05, 4.69) is 15.3 Å². The Morgan fingerprint density at radius 3 is 3.07 bits per heavy atom. The molecule has 0 unspecified atom stereocenters. The number of nitrogen functional groups attached to an aromatic ring is 1. The van der Waals surface area contributed by atoms with E-state index in [9.17, 15) is 0 Å². The summed E-state index contributed by atoms with van der Waals surface area (Å²) in [5, 5.41) is 3.22. The van der Waals surface area contributed by atoms with Gasteiger partial charge in [-0.2, -0.15) is 0 Å². The fraction of sp³-hybridized carbons (Fsp3) is 0.600. The quantitative estimate of drug-likeness (QED) is 0.696. The number of nitrogens with one attached hydrogen (secondary N) is 1. The second-order valence-electron chi connectivity index (χ2n) is 3.84. The fourth-order valence-electron chi connectivity index (χ4n) is 1.49. The van der Waals surface area contributed by atoms with Gasteiger partial charge in [-0.15, -0.1) is 0 Å². The Hall–Kier alpha value is -1.32. The highest BCUT2D eigenvalue weighted by atomic mass is 15.0. The Kier molecular flexibility index (Phi) is 2.81. The summed E-state index contributed by atoms with van der Waals surface area (Å²) < 4.78 is 0. The van der Waals surface area contributed by atoms with Gasteiger partial charge in [-0.1, -0.05) is 12.8 Å². The second-order valence-corrected chi connectivity index (χ2v) is 3.84. The van der Waals surface area contributed by atoms with Gasteiger partial charge in [-0.05, 0) is 18.8 Å². The van der Waals surface area contributed by atoms with Crippen LogP contribution in [0.15, 0.2) is 12.5 Å². The summed E-state index contributed by atoms with van der Waals surface area (Å²) in [6.07, 6.45) is 8.52. The lowest BCUT2D eigenvalue weighted by atomic mass is 10.2. The van der Waals surface area contributed by atoms with E-state index in [1.807, 2.05) is 0 Å². The molecule has 4 nitrogen and oxygen atoms in total. The van der Waals surface area contributed by atoms with Crippen molar-refractivity contribution in [2.45, 2.75) is 25.7 Å². The van der Waals surface area contributed by atoms with E-state index >= 15 is 0 Å². The molecule has 0 atom stereocenters. The van der Waals surface area contributed by atoms with Crippen LogP contribution in [0.5, 0.6) is 0 Å². The van der Waals surface area contributed by atoms with Crippen LogP contribution in [0.1, 0.15) is 25.7 Å². The minimum atomic E-state index is 0.624. The lowest BCUT2D eigenvalue weighted by molar-refractivity contribution is 0.686. The molecule has 1 aromatic rings. The van der Waals surface area contributed by atoms with Crippen molar-refractivity contribution in [1.29, 1.82) is 0 Å². The van der Waals surface area contributed by atoms with Crippen molar-refractivity contribution in [3.63, 3.8) is 0 Å². The van der Waals surface area contributed by atoms with Crippen molar-refractivity contribution >= 4 is 11.5 Å². The van der Waals surface area contributed by atoms with E-state index in [-0.39, 0.29) is 0 Å². The summed E-state index contributed by atoms with van der Waals surface area (Å²) in [6.45, 7) is 0.956. The van der Waals surface area contributed by atoms with Crippen LogP contribution in [0, 0.1) is 5.92 Å². The maximum Gasteiger partial charge on any atom is 0.152 e. The van der Waals surface area contributed by atoms with Crippen molar-refractivity contribution in [3.05, 3.63) is 12.5 Å². The zero-order chi connectivity index (χ0) is 9.80. The molecule has 0 aliphatic heterocycles. The second kappa shape index (κ2) is 4.26. The van der Waals surface area contributed by atoms with Crippen molar-refractivity contribution in [2.24, 2.45) is 5.92 Å². The Balaban J connectivity index is 1.71. The molecule has 1 aromatic heterocycles. The Morgan fingerprint density at radius 1 is 1.50 bits per heavy atom. The van der Waals surface area contributed by atoms with E-state index in [1.54, 1.807) is 6.20 Å². The van der Waals surface area contributed by atoms with Crippen LogP contribution in [0.3, 0.4) is 0 Å². The smallest absolute Gasteiger partial charge is 0.152 e. The average Bonchev–Trinajstić information content (AvgIpc) is 2.99. The molecule has 1 aliphatic carbocycles. The van der Waals surface area contributed by atoms with Crippen LogP contribution in [-0.4, -0.2) is 16.5 Å². The first kappa shape index (κ1) is 9.24. The molecule has 1 saturated carbocycles. The molecular weight excluding hydrogens is 176 g/mol. The van der Waals surface area contributed by atoms with Gasteiger partial charge in [0.05, 0.1) is 11.9 Å². The molecule has 0 spiro atoms. The SMILES string of the molecule is Nc1cncnc1NCCCC1CC1. The van der Waals surface area contributed by atoms with Gasteiger partial charge in [-0.3, -0.25) is 0 Å². The Morgan fingerprint density at radius 2 is 2.36 bits per heavy atom. The molecule has 0 saturated heterocycles. The Labute approximate surface area is 83.9 Å². The van der Waals surface area contributed by atoms with Crippen LogP contribution < -0.4 is 11.1 Å². The third-order valence-electron chi connectivity index (χ3n) is 2.52. The number of nitrogens with zero attached hydrogens (tertiary/aromatic N) is 2. The first-order chi connectivity index (χ1) is 6.86. The molecule has 76 valence electrons. The van der Waals surface area contributed by atoms with Gasteiger partial charge in [0.2, 0.25) is 0 Å². The molecule has 1 fully saturated rings. The van der Waals surface area contributed by atoms with E-state index < -0.39 is 0 Å². The molecule has 0 bridgehead atoms. The van der Waals surface area contributed by atoms with Crippen molar-refractivity contribution in [2.75, 3.05) is 17.6 Å². The molecule has 2 rings (SSSR count). The topological polar surface area (TPSA) is 63.8 Å². The standard InChI is InChI=1S/C10H16N4/c11-9-6-12-7-14-10(9)13-5-1-2-8-3-4-8/h6-8H,1-5,11H2,(H,12,13,14). The average molecular weight is 192 g/mol. The van der Waals surface area contributed by atoms with Crippen LogP contribution in [-0.2, 0) is 0 Å². The number of hydrogen-bond donors (Lipinski definition) is 2. The molecule has 0 aromatic carbocycles. The number of nitrogens with two attached hydrogens (primary N) is 1. The number of aromatic nitrogens is 2. The zero-order valence-corrected chi connectivity index (χ0v) is 8.24. The number of rotatable bonds is 5. The van der Waals surface area contributed by atoms with Gasteiger partial charge >= 0.3 is 0 Å². The summed E-state index contributed by atoms with van der Waals surface area (Å²) >= 11 is 0.